The molecule has 1 N–H and O–H groups in total. The second-order valence-corrected chi connectivity index (χ2v) is 6.73. The average Bonchev–Trinajstić information content (AvgIpc) is 2.41. The lowest BCUT2D eigenvalue weighted by Crippen LogP contribution is -2.40. The van der Waals surface area contributed by atoms with Crippen molar-refractivity contribution in [2.45, 2.75) is 46.3 Å². The van der Waals surface area contributed by atoms with Crippen molar-refractivity contribution in [3.8, 4) is 0 Å². The van der Waals surface area contributed by atoms with Crippen LogP contribution < -0.4 is 5.32 Å². The van der Waals surface area contributed by atoms with Gasteiger partial charge in [-0.2, -0.15) is 0 Å². The maximum absolute atomic E-state index is 12.0. The van der Waals surface area contributed by atoms with E-state index in [4.69, 9.17) is 16.3 Å². The fourth-order valence-corrected chi connectivity index (χ4v) is 2.21. The summed E-state index contributed by atoms with van der Waals surface area (Å²) in [6.45, 7) is 11.6. The molecule has 1 aromatic carbocycles. The first kappa shape index (κ1) is 18.8. The zero-order chi connectivity index (χ0) is 16.8. The number of carbonyl (C=O) groups is 1. The Morgan fingerprint density at radius 3 is 2.64 bits per heavy atom. The lowest BCUT2D eigenvalue weighted by Gasteiger charge is -2.27. The first-order valence-corrected chi connectivity index (χ1v) is 8.07. The molecule has 0 heterocycles. The minimum absolute atomic E-state index is 0.177. The van der Waals surface area contributed by atoms with Crippen LogP contribution in [-0.2, 0) is 4.74 Å². The Morgan fingerprint density at radius 1 is 1.41 bits per heavy atom. The molecule has 22 heavy (non-hydrogen) atoms. The lowest BCUT2D eigenvalue weighted by atomic mass is 10.1. The number of likely N-dealkylation sites (N-methyl/N-ethyl adjacent to an activating group) is 1. The molecule has 0 fully saturated rings. The van der Waals surface area contributed by atoms with Gasteiger partial charge >= 0.3 is 6.09 Å². The van der Waals surface area contributed by atoms with Gasteiger partial charge in [-0.05, 0) is 52.3 Å². The van der Waals surface area contributed by atoms with Crippen molar-refractivity contribution in [2.24, 2.45) is 0 Å². The molecule has 0 aliphatic rings. The molecule has 124 valence electrons. The van der Waals surface area contributed by atoms with Gasteiger partial charge in [0.2, 0.25) is 0 Å². The van der Waals surface area contributed by atoms with Gasteiger partial charge in [0.25, 0.3) is 0 Å². The Balaban J connectivity index is 2.45. The van der Waals surface area contributed by atoms with E-state index in [0.717, 1.165) is 10.6 Å². The molecule has 1 rings (SSSR count). The van der Waals surface area contributed by atoms with Gasteiger partial charge in [0.15, 0.2) is 0 Å². The van der Waals surface area contributed by atoms with Crippen LogP contribution in [0, 0.1) is 0 Å². The number of amides is 1. The number of hydrogen-bond donors (Lipinski definition) is 1. The van der Waals surface area contributed by atoms with Crippen LogP contribution in [0.4, 0.5) is 4.79 Å². The number of hydrogen-bond acceptors (Lipinski definition) is 3. The smallest absolute Gasteiger partial charge is 0.410 e. The van der Waals surface area contributed by atoms with Crippen molar-refractivity contribution in [1.29, 1.82) is 0 Å². The minimum atomic E-state index is -0.466. The quantitative estimate of drug-likeness (QED) is 0.849. The van der Waals surface area contributed by atoms with E-state index < -0.39 is 5.60 Å². The van der Waals surface area contributed by atoms with Crippen LogP contribution in [0.15, 0.2) is 24.3 Å². The van der Waals surface area contributed by atoms with E-state index in [1.54, 1.807) is 4.90 Å². The first-order valence-electron chi connectivity index (χ1n) is 7.69. The van der Waals surface area contributed by atoms with Crippen LogP contribution in [0.3, 0.4) is 0 Å². The molecule has 4 nitrogen and oxygen atoms in total. The molecule has 5 heteroatoms. The number of ether oxygens (including phenoxy) is 1. The molecule has 0 bridgehead atoms. The highest BCUT2D eigenvalue weighted by molar-refractivity contribution is 6.30. The SMILES string of the molecule is CCN(CCNC(C)c1cccc(Cl)c1)C(=O)OC(C)(C)C. The number of halogens is 1. The third-order valence-electron chi connectivity index (χ3n) is 3.21. The molecule has 0 radical (unpaired) electrons. The van der Waals surface area contributed by atoms with Crippen molar-refractivity contribution in [1.82, 2.24) is 10.2 Å². The lowest BCUT2D eigenvalue weighted by molar-refractivity contribution is 0.0261. The van der Waals surface area contributed by atoms with Gasteiger partial charge < -0.3 is 15.0 Å². The van der Waals surface area contributed by atoms with Crippen LogP contribution in [-0.4, -0.2) is 36.2 Å². The predicted molar refractivity (Wildman–Crippen MR) is 91.4 cm³/mol. The summed E-state index contributed by atoms with van der Waals surface area (Å²) < 4.78 is 5.39. The van der Waals surface area contributed by atoms with E-state index in [1.807, 2.05) is 52.0 Å². The Bertz CT molecular complexity index is 486. The predicted octanol–water partition coefficient (Wildman–Crippen LogP) is 4.25. The van der Waals surface area contributed by atoms with E-state index in [9.17, 15) is 4.79 Å². The maximum Gasteiger partial charge on any atom is 0.410 e. The molecule has 1 atom stereocenters. The van der Waals surface area contributed by atoms with Gasteiger partial charge in [0, 0.05) is 30.7 Å². The highest BCUT2D eigenvalue weighted by atomic mass is 35.5. The molecular weight excluding hydrogens is 300 g/mol. The Hall–Kier alpha value is -1.26. The second-order valence-electron chi connectivity index (χ2n) is 6.29. The normalized spacial score (nSPS) is 12.8. The van der Waals surface area contributed by atoms with E-state index >= 15 is 0 Å². The molecule has 1 aromatic rings. The highest BCUT2D eigenvalue weighted by Crippen LogP contribution is 2.17. The Kier molecular flexibility index (Phi) is 7.17. The molecule has 0 saturated carbocycles. The second kappa shape index (κ2) is 8.39. The maximum atomic E-state index is 12.0. The summed E-state index contributed by atoms with van der Waals surface area (Å²) in [6, 6.07) is 7.96. The van der Waals surface area contributed by atoms with Crippen LogP contribution in [0.5, 0.6) is 0 Å². The Labute approximate surface area is 138 Å². The Morgan fingerprint density at radius 2 is 2.09 bits per heavy atom. The number of rotatable bonds is 6. The third kappa shape index (κ3) is 6.67. The third-order valence-corrected chi connectivity index (χ3v) is 3.45. The van der Waals surface area contributed by atoms with Gasteiger partial charge in [-0.15, -0.1) is 0 Å². The van der Waals surface area contributed by atoms with Gasteiger partial charge in [0.05, 0.1) is 0 Å². The average molecular weight is 327 g/mol. The van der Waals surface area contributed by atoms with Gasteiger partial charge in [0.1, 0.15) is 5.60 Å². The van der Waals surface area contributed by atoms with Gasteiger partial charge in [-0.1, -0.05) is 23.7 Å². The number of benzene rings is 1. The molecule has 1 unspecified atom stereocenters. The molecule has 0 spiro atoms. The fourth-order valence-electron chi connectivity index (χ4n) is 2.01. The summed E-state index contributed by atoms with van der Waals surface area (Å²) in [4.78, 5) is 13.7. The molecule has 0 saturated heterocycles. The highest BCUT2D eigenvalue weighted by Gasteiger charge is 2.20. The number of nitrogens with zero attached hydrogens (tertiary/aromatic N) is 1. The standard InChI is InChI=1S/C17H27ClN2O2/c1-6-20(16(21)22-17(3,4)5)11-10-19-13(2)14-8-7-9-15(18)12-14/h7-9,12-13,19H,6,10-11H2,1-5H3. The number of carbonyl (C=O) groups excluding carboxylic acids is 1. The molecule has 0 aromatic heterocycles. The van der Waals surface area contributed by atoms with Crippen molar-refractivity contribution >= 4 is 17.7 Å². The summed E-state index contributed by atoms with van der Waals surface area (Å²) in [6.07, 6.45) is -0.271. The van der Waals surface area contributed by atoms with Crippen LogP contribution in [0.1, 0.15) is 46.2 Å². The summed E-state index contributed by atoms with van der Waals surface area (Å²) in [7, 11) is 0. The minimum Gasteiger partial charge on any atom is -0.444 e. The topological polar surface area (TPSA) is 41.6 Å². The molecule has 1 amide bonds. The zero-order valence-corrected chi connectivity index (χ0v) is 14.9. The summed E-state index contributed by atoms with van der Waals surface area (Å²) in [5.74, 6) is 0. The van der Waals surface area contributed by atoms with Gasteiger partial charge in [-0.25, -0.2) is 4.79 Å². The van der Waals surface area contributed by atoms with E-state index in [0.29, 0.717) is 19.6 Å². The van der Waals surface area contributed by atoms with Crippen molar-refractivity contribution in [3.05, 3.63) is 34.9 Å². The van der Waals surface area contributed by atoms with Gasteiger partial charge in [-0.3, -0.25) is 0 Å². The van der Waals surface area contributed by atoms with Crippen molar-refractivity contribution in [3.63, 3.8) is 0 Å². The van der Waals surface area contributed by atoms with Crippen molar-refractivity contribution < 1.29 is 9.53 Å². The van der Waals surface area contributed by atoms with Crippen LogP contribution in [0.25, 0.3) is 0 Å². The van der Waals surface area contributed by atoms with E-state index in [1.165, 1.54) is 0 Å². The molecule has 0 aliphatic heterocycles. The summed E-state index contributed by atoms with van der Waals surface area (Å²) >= 11 is 6.00. The summed E-state index contributed by atoms with van der Waals surface area (Å²) in [5, 5.41) is 4.13. The molecular formula is C17H27ClN2O2. The van der Waals surface area contributed by atoms with Crippen LogP contribution in [0.2, 0.25) is 5.02 Å². The first-order chi connectivity index (χ1) is 10.2. The fraction of sp³-hybridized carbons (Fsp3) is 0.588. The van der Waals surface area contributed by atoms with E-state index in [-0.39, 0.29) is 12.1 Å². The number of nitrogens with one attached hydrogen (secondary N) is 1. The van der Waals surface area contributed by atoms with Crippen molar-refractivity contribution in [2.75, 3.05) is 19.6 Å². The van der Waals surface area contributed by atoms with Crippen LogP contribution >= 0.6 is 11.6 Å². The summed E-state index contributed by atoms with van der Waals surface area (Å²) in [5.41, 5.74) is 0.666. The molecule has 0 aliphatic carbocycles. The van der Waals surface area contributed by atoms with E-state index in [2.05, 4.69) is 12.2 Å². The zero-order valence-electron chi connectivity index (χ0n) is 14.1. The largest absolute Gasteiger partial charge is 0.444 e. The monoisotopic (exact) mass is 326 g/mol.